The Bertz CT molecular complexity index is 877. The summed E-state index contributed by atoms with van der Waals surface area (Å²) in [4.78, 5) is 12.1. The van der Waals surface area contributed by atoms with Crippen LogP contribution in [-0.2, 0) is 11.2 Å². The zero-order chi connectivity index (χ0) is 16.4. The summed E-state index contributed by atoms with van der Waals surface area (Å²) in [6.45, 7) is 0.204. The van der Waals surface area contributed by atoms with E-state index in [1.165, 1.54) is 0 Å². The van der Waals surface area contributed by atoms with Crippen LogP contribution in [0, 0.1) is 0 Å². The van der Waals surface area contributed by atoms with Crippen LogP contribution in [0.5, 0.6) is 11.5 Å². The van der Waals surface area contributed by atoms with Crippen molar-refractivity contribution in [1.29, 1.82) is 0 Å². The molecular weight excluding hydrogens is 310 g/mol. The van der Waals surface area contributed by atoms with E-state index in [0.29, 0.717) is 17.4 Å². The fourth-order valence-corrected chi connectivity index (χ4v) is 2.37. The third kappa shape index (κ3) is 2.91. The Morgan fingerprint density at radius 1 is 1.04 bits per heavy atom. The van der Waals surface area contributed by atoms with Crippen molar-refractivity contribution in [2.45, 2.75) is 6.42 Å². The van der Waals surface area contributed by atoms with Crippen molar-refractivity contribution in [3.8, 4) is 23.0 Å². The molecule has 1 aliphatic rings. The molecule has 24 heavy (non-hydrogen) atoms. The summed E-state index contributed by atoms with van der Waals surface area (Å²) in [6, 6.07) is 14.8. The Kier molecular flexibility index (Phi) is 3.59. The molecule has 0 spiro atoms. The topological polar surface area (TPSA) is 86.5 Å². The van der Waals surface area contributed by atoms with Crippen LogP contribution in [0.15, 0.2) is 52.9 Å². The van der Waals surface area contributed by atoms with Gasteiger partial charge in [-0.15, -0.1) is 5.10 Å². The lowest BCUT2D eigenvalue weighted by Gasteiger charge is -2.02. The maximum absolute atomic E-state index is 12.1. The number of carbonyl (C=O) groups is 1. The van der Waals surface area contributed by atoms with Crippen LogP contribution in [0.3, 0.4) is 0 Å². The molecule has 0 aliphatic carbocycles. The monoisotopic (exact) mass is 323 g/mol. The van der Waals surface area contributed by atoms with Crippen LogP contribution < -0.4 is 14.8 Å². The van der Waals surface area contributed by atoms with Crippen LogP contribution in [0.1, 0.15) is 5.56 Å². The second-order valence-corrected chi connectivity index (χ2v) is 5.19. The fourth-order valence-electron chi connectivity index (χ4n) is 2.37. The van der Waals surface area contributed by atoms with E-state index in [1.54, 1.807) is 12.1 Å². The molecule has 2 aromatic carbocycles. The molecule has 0 saturated heterocycles. The largest absolute Gasteiger partial charge is 0.454 e. The van der Waals surface area contributed by atoms with Crippen LogP contribution >= 0.6 is 0 Å². The van der Waals surface area contributed by atoms with Gasteiger partial charge in [0.25, 0.3) is 0 Å². The summed E-state index contributed by atoms with van der Waals surface area (Å²) in [5.41, 5.74) is 1.60. The number of ether oxygens (including phenoxy) is 2. The highest BCUT2D eigenvalue weighted by Crippen LogP contribution is 2.32. The molecule has 0 atom stereocenters. The molecule has 2 heterocycles. The maximum atomic E-state index is 12.1. The number of hydrogen-bond acceptors (Lipinski definition) is 6. The van der Waals surface area contributed by atoms with Crippen LogP contribution in [-0.4, -0.2) is 22.9 Å². The molecule has 0 fully saturated rings. The number of rotatable bonds is 4. The number of aromatic nitrogens is 2. The highest BCUT2D eigenvalue weighted by molar-refractivity contribution is 5.90. The Balaban J connectivity index is 1.42. The van der Waals surface area contributed by atoms with Crippen LogP contribution in [0.2, 0.25) is 0 Å². The first-order valence-electron chi connectivity index (χ1n) is 7.35. The van der Waals surface area contributed by atoms with E-state index in [-0.39, 0.29) is 25.1 Å². The number of hydrogen-bond donors (Lipinski definition) is 1. The molecule has 7 nitrogen and oxygen atoms in total. The number of nitrogens with one attached hydrogen (secondary N) is 1. The van der Waals surface area contributed by atoms with Crippen LogP contribution in [0.4, 0.5) is 6.01 Å². The van der Waals surface area contributed by atoms with E-state index in [0.717, 1.165) is 11.1 Å². The molecular formula is C17H13N3O4. The lowest BCUT2D eigenvalue weighted by Crippen LogP contribution is -2.14. The standard InChI is InChI=1S/C17H13N3O4/c21-15(9-11-6-7-13-14(8-11)23-10-22-13)18-17-20-19-16(24-17)12-4-2-1-3-5-12/h1-8H,9-10H2,(H,18,20,21). The lowest BCUT2D eigenvalue weighted by molar-refractivity contribution is -0.115. The second kappa shape index (κ2) is 6.04. The van der Waals surface area contributed by atoms with Gasteiger partial charge >= 0.3 is 6.01 Å². The van der Waals surface area contributed by atoms with E-state index in [2.05, 4.69) is 15.5 Å². The molecule has 0 unspecified atom stereocenters. The van der Waals surface area contributed by atoms with Crippen molar-refractivity contribution in [1.82, 2.24) is 10.2 Å². The van der Waals surface area contributed by atoms with E-state index in [9.17, 15) is 4.79 Å². The van der Waals surface area contributed by atoms with Crippen molar-refractivity contribution in [3.05, 3.63) is 54.1 Å². The van der Waals surface area contributed by atoms with Crippen molar-refractivity contribution in [2.75, 3.05) is 12.1 Å². The van der Waals surface area contributed by atoms with Gasteiger partial charge in [-0.3, -0.25) is 10.1 Å². The molecule has 7 heteroatoms. The lowest BCUT2D eigenvalue weighted by atomic mass is 10.1. The Labute approximate surface area is 137 Å². The first-order chi connectivity index (χ1) is 11.8. The van der Waals surface area contributed by atoms with E-state index < -0.39 is 0 Å². The first kappa shape index (κ1) is 14.3. The molecule has 4 rings (SSSR count). The Morgan fingerprint density at radius 3 is 2.75 bits per heavy atom. The summed E-state index contributed by atoms with van der Waals surface area (Å²) >= 11 is 0. The summed E-state index contributed by atoms with van der Waals surface area (Å²) < 4.78 is 16.0. The van der Waals surface area contributed by atoms with Crippen molar-refractivity contribution in [3.63, 3.8) is 0 Å². The molecule has 0 bridgehead atoms. The molecule has 3 aromatic rings. The molecule has 1 aromatic heterocycles. The highest BCUT2D eigenvalue weighted by atomic mass is 16.7. The minimum absolute atomic E-state index is 0.0691. The molecule has 1 amide bonds. The van der Waals surface area contributed by atoms with Gasteiger partial charge in [-0.1, -0.05) is 29.4 Å². The van der Waals surface area contributed by atoms with Gasteiger partial charge in [-0.2, -0.15) is 0 Å². The van der Waals surface area contributed by atoms with Gasteiger partial charge in [0, 0.05) is 5.56 Å². The summed E-state index contributed by atoms with van der Waals surface area (Å²) in [7, 11) is 0. The Hall–Kier alpha value is -3.35. The van der Waals surface area contributed by atoms with E-state index in [4.69, 9.17) is 13.9 Å². The van der Waals surface area contributed by atoms with Crippen molar-refractivity contribution >= 4 is 11.9 Å². The average Bonchev–Trinajstić information content (AvgIpc) is 3.24. The molecule has 0 saturated carbocycles. The van der Waals surface area contributed by atoms with Gasteiger partial charge in [-0.05, 0) is 29.8 Å². The van der Waals surface area contributed by atoms with Gasteiger partial charge in [-0.25, -0.2) is 0 Å². The third-order valence-corrected chi connectivity index (χ3v) is 3.49. The van der Waals surface area contributed by atoms with Gasteiger partial charge in [0.1, 0.15) is 0 Å². The predicted octanol–water partition coefficient (Wildman–Crippen LogP) is 2.65. The summed E-state index contributed by atoms with van der Waals surface area (Å²) in [5, 5.41) is 10.4. The van der Waals surface area contributed by atoms with Gasteiger partial charge < -0.3 is 13.9 Å². The van der Waals surface area contributed by atoms with E-state index >= 15 is 0 Å². The molecule has 0 radical (unpaired) electrons. The second-order valence-electron chi connectivity index (χ2n) is 5.19. The zero-order valence-corrected chi connectivity index (χ0v) is 12.6. The quantitative estimate of drug-likeness (QED) is 0.794. The highest BCUT2D eigenvalue weighted by Gasteiger charge is 2.16. The van der Waals surface area contributed by atoms with Crippen molar-refractivity contribution in [2.24, 2.45) is 0 Å². The summed E-state index contributed by atoms with van der Waals surface area (Å²) in [6.07, 6.45) is 0.166. The zero-order valence-electron chi connectivity index (χ0n) is 12.6. The average molecular weight is 323 g/mol. The van der Waals surface area contributed by atoms with Gasteiger partial charge in [0.05, 0.1) is 6.42 Å². The smallest absolute Gasteiger partial charge is 0.322 e. The summed E-state index contributed by atoms with van der Waals surface area (Å²) in [5.74, 6) is 1.43. The van der Waals surface area contributed by atoms with Crippen molar-refractivity contribution < 1.29 is 18.7 Å². The molecule has 120 valence electrons. The number of carbonyl (C=O) groups excluding carboxylic acids is 1. The van der Waals surface area contributed by atoms with Gasteiger partial charge in [0.15, 0.2) is 11.5 Å². The number of fused-ring (bicyclic) bond motifs is 1. The fraction of sp³-hybridized carbons (Fsp3) is 0.118. The minimum Gasteiger partial charge on any atom is -0.454 e. The van der Waals surface area contributed by atoms with Gasteiger partial charge in [0.2, 0.25) is 18.6 Å². The predicted molar refractivity (Wildman–Crippen MR) is 84.6 cm³/mol. The first-order valence-corrected chi connectivity index (χ1v) is 7.35. The van der Waals surface area contributed by atoms with E-state index in [1.807, 2.05) is 36.4 Å². The maximum Gasteiger partial charge on any atom is 0.322 e. The number of benzene rings is 2. The van der Waals surface area contributed by atoms with Crippen LogP contribution in [0.25, 0.3) is 11.5 Å². The number of anilines is 1. The SMILES string of the molecule is O=C(Cc1ccc2c(c1)OCO2)Nc1nnc(-c2ccccc2)o1. The molecule has 1 N–H and O–H groups in total. The third-order valence-electron chi connectivity index (χ3n) is 3.49. The molecule has 1 aliphatic heterocycles. The minimum atomic E-state index is -0.253. The normalized spacial score (nSPS) is 12.2. The number of nitrogens with zero attached hydrogens (tertiary/aromatic N) is 2. The Morgan fingerprint density at radius 2 is 1.88 bits per heavy atom. The number of amides is 1.